The van der Waals surface area contributed by atoms with Crippen LogP contribution in [0.2, 0.25) is 0 Å². The first kappa shape index (κ1) is 26.9. The highest BCUT2D eigenvalue weighted by Crippen LogP contribution is 2.44. The summed E-state index contributed by atoms with van der Waals surface area (Å²) >= 11 is 0. The minimum atomic E-state index is -0.360. The normalized spacial score (nSPS) is 24.8. The molecule has 0 amide bonds. The maximum Gasteiger partial charge on any atom is 0.183 e. The zero-order valence-electron chi connectivity index (χ0n) is 22.3. The van der Waals surface area contributed by atoms with Gasteiger partial charge in [-0.05, 0) is 98.5 Å². The van der Waals surface area contributed by atoms with Crippen LogP contribution in [0.4, 0.5) is 0 Å². The first-order chi connectivity index (χ1) is 18.2. The summed E-state index contributed by atoms with van der Waals surface area (Å²) < 4.78 is 11.6. The highest BCUT2D eigenvalue weighted by Gasteiger charge is 2.48. The van der Waals surface area contributed by atoms with Crippen molar-refractivity contribution in [2.24, 2.45) is 0 Å². The number of carbonyl (C=O) groups excluding carboxylic acids is 1. The second-order valence-corrected chi connectivity index (χ2v) is 11.0. The quantitative estimate of drug-likeness (QED) is 0.352. The summed E-state index contributed by atoms with van der Waals surface area (Å²) in [5, 5.41) is 0. The number of hydrogen-bond acceptors (Lipinski definition) is 4. The van der Waals surface area contributed by atoms with Crippen LogP contribution in [0.15, 0.2) is 72.8 Å². The van der Waals surface area contributed by atoms with E-state index in [1.165, 1.54) is 23.1 Å². The summed E-state index contributed by atoms with van der Waals surface area (Å²) in [6.45, 7) is 3.32. The lowest BCUT2D eigenvalue weighted by atomic mass is 9.68. The largest absolute Gasteiger partial charge is 0.497 e. The second kappa shape index (κ2) is 11.2. The van der Waals surface area contributed by atoms with E-state index in [4.69, 9.17) is 9.47 Å². The van der Waals surface area contributed by atoms with Gasteiger partial charge in [-0.1, -0.05) is 54.6 Å². The van der Waals surface area contributed by atoms with E-state index in [1.807, 2.05) is 12.1 Å². The Labute approximate surface area is 232 Å². The van der Waals surface area contributed by atoms with Crippen LogP contribution in [0.3, 0.4) is 0 Å². The van der Waals surface area contributed by atoms with Crippen LogP contribution in [-0.2, 0) is 23.2 Å². The average molecular weight is 532 g/mol. The van der Waals surface area contributed by atoms with E-state index in [1.54, 1.807) is 7.11 Å². The Kier molecular flexibility index (Phi) is 7.95. The molecule has 0 aromatic heterocycles. The highest BCUT2D eigenvalue weighted by atomic mass is 35.5. The fourth-order valence-corrected chi connectivity index (χ4v) is 7.23. The van der Waals surface area contributed by atoms with Crippen molar-refractivity contribution in [2.45, 2.75) is 62.5 Å². The Bertz CT molecular complexity index is 1280. The molecule has 3 aromatic carbocycles. The summed E-state index contributed by atoms with van der Waals surface area (Å²) in [4.78, 5) is 16.6. The second-order valence-electron chi connectivity index (χ2n) is 11.0. The SMILES string of the molecule is COc1ccc2c(c1)CCC1(CCCCN1CCCC1(c3ccccc3)COCc3ccccc31)C2=O.Cl. The molecule has 1 aliphatic carbocycles. The summed E-state index contributed by atoms with van der Waals surface area (Å²) in [5.41, 5.74) is 5.54. The Morgan fingerprint density at radius 3 is 2.61 bits per heavy atom. The van der Waals surface area contributed by atoms with Crippen LogP contribution in [0, 0.1) is 0 Å². The van der Waals surface area contributed by atoms with Crippen molar-refractivity contribution >= 4 is 18.2 Å². The van der Waals surface area contributed by atoms with E-state index in [-0.39, 0.29) is 23.4 Å². The number of hydrogen-bond donors (Lipinski definition) is 0. The monoisotopic (exact) mass is 531 g/mol. The van der Waals surface area contributed by atoms with Gasteiger partial charge in [-0.3, -0.25) is 9.69 Å². The molecule has 2 atom stereocenters. The number of ether oxygens (including phenoxy) is 2. The van der Waals surface area contributed by atoms with Gasteiger partial charge in [-0.15, -0.1) is 12.4 Å². The van der Waals surface area contributed by atoms with Crippen molar-refractivity contribution in [3.8, 4) is 5.75 Å². The lowest BCUT2D eigenvalue weighted by molar-refractivity contribution is 0.0249. The molecule has 1 spiro atoms. The lowest BCUT2D eigenvalue weighted by Crippen LogP contribution is -2.59. The molecule has 4 nitrogen and oxygen atoms in total. The summed E-state index contributed by atoms with van der Waals surface area (Å²) in [5.74, 6) is 1.16. The van der Waals surface area contributed by atoms with Crippen molar-refractivity contribution in [3.63, 3.8) is 0 Å². The number of aryl methyl sites for hydroxylation is 1. The molecule has 1 saturated heterocycles. The van der Waals surface area contributed by atoms with Crippen molar-refractivity contribution in [1.29, 1.82) is 0 Å². The maximum absolute atomic E-state index is 14.0. The van der Waals surface area contributed by atoms with Crippen LogP contribution in [-0.4, -0.2) is 43.0 Å². The smallest absolute Gasteiger partial charge is 0.183 e. The van der Waals surface area contributed by atoms with Crippen LogP contribution >= 0.6 is 12.4 Å². The number of nitrogens with zero attached hydrogens (tertiary/aromatic N) is 1. The predicted octanol–water partition coefficient (Wildman–Crippen LogP) is 6.77. The minimum absolute atomic E-state index is 0. The lowest BCUT2D eigenvalue weighted by Gasteiger charge is -2.49. The molecule has 0 radical (unpaired) electrons. The molecule has 3 aromatic rings. The van der Waals surface area contributed by atoms with Crippen molar-refractivity contribution in [3.05, 3.63) is 101 Å². The zero-order valence-corrected chi connectivity index (χ0v) is 23.1. The molecule has 5 heteroatoms. The number of Topliss-reactive ketones (excluding diaryl/α,β-unsaturated/α-hetero) is 1. The van der Waals surface area contributed by atoms with Gasteiger partial charge in [0.05, 0.1) is 25.9 Å². The van der Waals surface area contributed by atoms with E-state index < -0.39 is 0 Å². The topological polar surface area (TPSA) is 38.8 Å². The molecule has 1 fully saturated rings. The Balaban J connectivity index is 0.00000294. The van der Waals surface area contributed by atoms with Crippen LogP contribution in [0.25, 0.3) is 0 Å². The molecular formula is C33H38ClNO3. The number of piperidine rings is 1. The Morgan fingerprint density at radius 2 is 1.76 bits per heavy atom. The standard InChI is InChI=1S/C33H37NO3.ClH/c1-36-28-14-15-29-25(22-28)16-19-33(31(29)35)18-7-8-20-34(33)21-9-17-32(27-11-3-2-4-12-27)24-37-23-26-10-5-6-13-30(26)32;/h2-6,10-15,22H,7-9,16-21,23-24H2,1H3;1H. The van der Waals surface area contributed by atoms with Gasteiger partial charge in [0.1, 0.15) is 5.75 Å². The van der Waals surface area contributed by atoms with E-state index >= 15 is 0 Å². The van der Waals surface area contributed by atoms with Gasteiger partial charge in [0.25, 0.3) is 0 Å². The minimum Gasteiger partial charge on any atom is -0.497 e. The molecule has 0 bridgehead atoms. The zero-order chi connectivity index (χ0) is 25.3. The molecule has 6 rings (SSSR count). The van der Waals surface area contributed by atoms with Gasteiger partial charge < -0.3 is 9.47 Å². The van der Waals surface area contributed by atoms with E-state index in [0.717, 1.165) is 68.5 Å². The third-order valence-corrected chi connectivity index (χ3v) is 9.16. The number of fused-ring (bicyclic) bond motifs is 2. The van der Waals surface area contributed by atoms with Gasteiger partial charge in [0.15, 0.2) is 5.78 Å². The fraction of sp³-hybridized carbons (Fsp3) is 0.424. The van der Waals surface area contributed by atoms with Crippen LogP contribution < -0.4 is 4.74 Å². The number of methoxy groups -OCH3 is 1. The first-order valence-electron chi connectivity index (χ1n) is 13.8. The molecule has 0 N–H and O–H groups in total. The van der Waals surface area contributed by atoms with E-state index in [9.17, 15) is 4.79 Å². The van der Waals surface area contributed by atoms with Crippen molar-refractivity contribution in [2.75, 3.05) is 26.8 Å². The van der Waals surface area contributed by atoms with Gasteiger partial charge in [-0.2, -0.15) is 0 Å². The molecule has 2 unspecified atom stereocenters. The predicted molar refractivity (Wildman–Crippen MR) is 154 cm³/mol. The summed E-state index contributed by atoms with van der Waals surface area (Å²) in [7, 11) is 1.69. The third-order valence-electron chi connectivity index (χ3n) is 9.16. The molecule has 200 valence electrons. The third kappa shape index (κ3) is 4.57. The highest BCUT2D eigenvalue weighted by molar-refractivity contribution is 6.05. The molecule has 0 saturated carbocycles. The van der Waals surface area contributed by atoms with Crippen LogP contribution in [0.5, 0.6) is 5.75 Å². The molecular weight excluding hydrogens is 494 g/mol. The van der Waals surface area contributed by atoms with Gasteiger partial charge in [0, 0.05) is 11.0 Å². The van der Waals surface area contributed by atoms with Crippen molar-refractivity contribution < 1.29 is 14.3 Å². The number of rotatable bonds is 6. The van der Waals surface area contributed by atoms with E-state index in [2.05, 4.69) is 65.6 Å². The molecule has 3 aliphatic rings. The number of ketones is 1. The average Bonchev–Trinajstić information content (AvgIpc) is 2.96. The Morgan fingerprint density at radius 1 is 0.947 bits per heavy atom. The molecule has 2 heterocycles. The van der Waals surface area contributed by atoms with E-state index in [0.29, 0.717) is 19.0 Å². The number of likely N-dealkylation sites (tertiary alicyclic amines) is 1. The number of benzene rings is 3. The number of halogens is 1. The van der Waals surface area contributed by atoms with Gasteiger partial charge in [-0.25, -0.2) is 0 Å². The number of carbonyl (C=O) groups is 1. The maximum atomic E-state index is 14.0. The molecule has 38 heavy (non-hydrogen) atoms. The fourth-order valence-electron chi connectivity index (χ4n) is 7.23. The van der Waals surface area contributed by atoms with Gasteiger partial charge >= 0.3 is 0 Å². The Hall–Kier alpha value is -2.66. The molecule has 2 aliphatic heterocycles. The van der Waals surface area contributed by atoms with Crippen LogP contribution in [0.1, 0.15) is 71.1 Å². The summed E-state index contributed by atoms with van der Waals surface area (Å²) in [6.07, 6.45) is 7.13. The first-order valence-corrected chi connectivity index (χ1v) is 13.8. The summed E-state index contributed by atoms with van der Waals surface area (Å²) in [6, 6.07) is 25.6. The van der Waals surface area contributed by atoms with Crippen molar-refractivity contribution in [1.82, 2.24) is 4.90 Å². The van der Waals surface area contributed by atoms with Gasteiger partial charge in [0.2, 0.25) is 0 Å².